The third-order valence-corrected chi connectivity index (χ3v) is 4.06. The van der Waals surface area contributed by atoms with Crippen LogP contribution in [0.1, 0.15) is 51.1 Å². The molecule has 1 aromatic heterocycles. The molecule has 0 saturated heterocycles. The number of carbonyl (C=O) groups is 1. The summed E-state index contributed by atoms with van der Waals surface area (Å²) in [5.41, 5.74) is 6.42. The molecule has 0 bridgehead atoms. The molecular formula is C12H19N3OS. The van der Waals surface area contributed by atoms with Crippen LogP contribution in [0.15, 0.2) is 5.38 Å². The van der Waals surface area contributed by atoms with Crippen molar-refractivity contribution in [2.75, 3.05) is 5.32 Å². The van der Waals surface area contributed by atoms with Gasteiger partial charge in [-0.1, -0.05) is 26.7 Å². The summed E-state index contributed by atoms with van der Waals surface area (Å²) < 4.78 is 0. The minimum absolute atomic E-state index is 0.0837. The van der Waals surface area contributed by atoms with Gasteiger partial charge in [0.25, 0.3) is 0 Å². The molecule has 0 aliphatic heterocycles. The Morgan fingerprint density at radius 2 is 2.18 bits per heavy atom. The minimum atomic E-state index is -0.677. The molecule has 94 valence electrons. The van der Waals surface area contributed by atoms with Crippen LogP contribution in [-0.2, 0) is 4.79 Å². The van der Waals surface area contributed by atoms with Crippen molar-refractivity contribution in [2.45, 2.75) is 51.0 Å². The first-order valence-corrected chi connectivity index (χ1v) is 6.95. The molecular weight excluding hydrogens is 234 g/mol. The second-order valence-corrected chi connectivity index (χ2v) is 5.91. The molecule has 0 radical (unpaired) electrons. The number of carbonyl (C=O) groups excluding carboxylic acids is 1. The highest BCUT2D eigenvalue weighted by Crippen LogP contribution is 2.29. The van der Waals surface area contributed by atoms with Gasteiger partial charge in [0.1, 0.15) is 0 Å². The number of hydrogen-bond acceptors (Lipinski definition) is 4. The van der Waals surface area contributed by atoms with Gasteiger partial charge in [0.15, 0.2) is 5.13 Å². The smallest absolute Gasteiger partial charge is 0.246 e. The van der Waals surface area contributed by atoms with E-state index in [1.54, 1.807) is 0 Å². The Bertz CT molecular complexity index is 408. The van der Waals surface area contributed by atoms with Crippen LogP contribution >= 0.6 is 11.3 Å². The summed E-state index contributed by atoms with van der Waals surface area (Å²) in [6, 6.07) is 0. The van der Waals surface area contributed by atoms with E-state index in [0.717, 1.165) is 31.4 Å². The zero-order chi connectivity index (χ0) is 12.5. The number of nitrogens with one attached hydrogen (secondary N) is 1. The van der Waals surface area contributed by atoms with E-state index in [-0.39, 0.29) is 5.91 Å². The van der Waals surface area contributed by atoms with E-state index in [2.05, 4.69) is 24.1 Å². The average Bonchev–Trinajstić information content (AvgIpc) is 2.88. The van der Waals surface area contributed by atoms with Gasteiger partial charge in [0, 0.05) is 5.38 Å². The fourth-order valence-corrected chi connectivity index (χ4v) is 2.93. The van der Waals surface area contributed by atoms with Crippen LogP contribution in [0.2, 0.25) is 0 Å². The number of rotatable bonds is 3. The van der Waals surface area contributed by atoms with Gasteiger partial charge in [0.2, 0.25) is 5.91 Å². The molecule has 3 N–H and O–H groups in total. The normalized spacial score (nSPS) is 18.6. The van der Waals surface area contributed by atoms with Crippen LogP contribution in [0.4, 0.5) is 5.13 Å². The Labute approximate surface area is 106 Å². The van der Waals surface area contributed by atoms with E-state index < -0.39 is 5.54 Å². The number of anilines is 1. The third kappa shape index (κ3) is 2.66. The molecule has 4 nitrogen and oxygen atoms in total. The molecule has 1 aliphatic rings. The Balaban J connectivity index is 2.02. The molecule has 0 aromatic carbocycles. The Kier molecular flexibility index (Phi) is 3.49. The summed E-state index contributed by atoms with van der Waals surface area (Å²) in [6.07, 6.45) is 3.64. The lowest BCUT2D eigenvalue weighted by Gasteiger charge is -2.21. The number of nitrogens with zero attached hydrogens (tertiary/aromatic N) is 1. The van der Waals surface area contributed by atoms with Crippen molar-refractivity contribution in [1.29, 1.82) is 0 Å². The predicted octanol–water partition coefficient (Wildman–Crippen LogP) is 2.48. The zero-order valence-corrected chi connectivity index (χ0v) is 11.1. The number of amides is 1. The predicted molar refractivity (Wildman–Crippen MR) is 70.2 cm³/mol. The number of aromatic nitrogens is 1. The SMILES string of the molecule is CC(C)c1csc(NC(=O)C2(N)CCCC2)n1. The van der Waals surface area contributed by atoms with E-state index >= 15 is 0 Å². The molecule has 1 aliphatic carbocycles. The largest absolute Gasteiger partial charge is 0.317 e. The first-order valence-electron chi connectivity index (χ1n) is 6.07. The Morgan fingerprint density at radius 1 is 1.53 bits per heavy atom. The first kappa shape index (κ1) is 12.5. The zero-order valence-electron chi connectivity index (χ0n) is 10.3. The van der Waals surface area contributed by atoms with E-state index in [9.17, 15) is 4.79 Å². The van der Waals surface area contributed by atoms with Gasteiger partial charge in [-0.05, 0) is 18.8 Å². The lowest BCUT2D eigenvalue weighted by atomic mass is 9.98. The van der Waals surface area contributed by atoms with Gasteiger partial charge < -0.3 is 11.1 Å². The van der Waals surface area contributed by atoms with Crippen molar-refractivity contribution < 1.29 is 4.79 Å². The number of thiazole rings is 1. The highest BCUT2D eigenvalue weighted by molar-refractivity contribution is 7.13. The third-order valence-electron chi connectivity index (χ3n) is 3.28. The van der Waals surface area contributed by atoms with Gasteiger partial charge >= 0.3 is 0 Å². The fraction of sp³-hybridized carbons (Fsp3) is 0.667. The monoisotopic (exact) mass is 253 g/mol. The lowest BCUT2D eigenvalue weighted by Crippen LogP contribution is -2.48. The van der Waals surface area contributed by atoms with E-state index in [0.29, 0.717) is 11.0 Å². The molecule has 0 atom stereocenters. The standard InChI is InChI=1S/C12H19N3OS/c1-8(2)9-7-17-11(14-9)15-10(16)12(13)5-3-4-6-12/h7-8H,3-6,13H2,1-2H3,(H,14,15,16). The summed E-state index contributed by atoms with van der Waals surface area (Å²) in [7, 11) is 0. The second-order valence-electron chi connectivity index (χ2n) is 5.05. The second kappa shape index (κ2) is 4.74. The van der Waals surface area contributed by atoms with Crippen LogP contribution in [0.25, 0.3) is 0 Å². The number of hydrogen-bond donors (Lipinski definition) is 2. The van der Waals surface area contributed by atoms with Gasteiger partial charge in [-0.3, -0.25) is 4.79 Å². The Hall–Kier alpha value is -0.940. The lowest BCUT2D eigenvalue weighted by molar-refractivity contribution is -0.121. The maximum Gasteiger partial charge on any atom is 0.246 e. The fourth-order valence-electron chi connectivity index (χ4n) is 2.06. The quantitative estimate of drug-likeness (QED) is 0.869. The highest BCUT2D eigenvalue weighted by Gasteiger charge is 2.37. The molecule has 1 amide bonds. The molecule has 1 fully saturated rings. The minimum Gasteiger partial charge on any atom is -0.317 e. The van der Waals surface area contributed by atoms with Gasteiger partial charge in [-0.25, -0.2) is 4.98 Å². The number of nitrogens with two attached hydrogens (primary N) is 1. The molecule has 0 unspecified atom stereocenters. The maximum absolute atomic E-state index is 12.0. The van der Waals surface area contributed by atoms with E-state index in [1.807, 2.05) is 5.38 Å². The van der Waals surface area contributed by atoms with Crippen molar-refractivity contribution in [3.05, 3.63) is 11.1 Å². The molecule has 0 spiro atoms. The van der Waals surface area contributed by atoms with Gasteiger partial charge in [0.05, 0.1) is 11.2 Å². The molecule has 2 rings (SSSR count). The molecule has 1 saturated carbocycles. The molecule has 1 heterocycles. The average molecular weight is 253 g/mol. The first-order chi connectivity index (χ1) is 8.01. The van der Waals surface area contributed by atoms with Crippen LogP contribution in [0, 0.1) is 0 Å². The van der Waals surface area contributed by atoms with Crippen molar-refractivity contribution in [1.82, 2.24) is 4.98 Å². The summed E-state index contributed by atoms with van der Waals surface area (Å²) in [5.74, 6) is 0.301. The highest BCUT2D eigenvalue weighted by atomic mass is 32.1. The summed E-state index contributed by atoms with van der Waals surface area (Å²) in [4.78, 5) is 16.4. The van der Waals surface area contributed by atoms with Crippen LogP contribution in [0.3, 0.4) is 0 Å². The van der Waals surface area contributed by atoms with Gasteiger partial charge in [-0.2, -0.15) is 0 Å². The summed E-state index contributed by atoms with van der Waals surface area (Å²) >= 11 is 1.47. The van der Waals surface area contributed by atoms with E-state index in [1.165, 1.54) is 11.3 Å². The topological polar surface area (TPSA) is 68.0 Å². The summed E-state index contributed by atoms with van der Waals surface area (Å²) in [6.45, 7) is 4.17. The molecule has 5 heteroatoms. The van der Waals surface area contributed by atoms with Crippen LogP contribution < -0.4 is 11.1 Å². The van der Waals surface area contributed by atoms with Crippen molar-refractivity contribution in [2.24, 2.45) is 5.73 Å². The molecule has 17 heavy (non-hydrogen) atoms. The van der Waals surface area contributed by atoms with Crippen molar-refractivity contribution in [3.63, 3.8) is 0 Å². The molecule has 1 aromatic rings. The van der Waals surface area contributed by atoms with E-state index in [4.69, 9.17) is 5.73 Å². The van der Waals surface area contributed by atoms with Crippen molar-refractivity contribution >= 4 is 22.4 Å². The van der Waals surface area contributed by atoms with Crippen molar-refractivity contribution in [3.8, 4) is 0 Å². The van der Waals surface area contributed by atoms with Gasteiger partial charge in [-0.15, -0.1) is 11.3 Å². The van der Waals surface area contributed by atoms with Crippen LogP contribution in [-0.4, -0.2) is 16.4 Å². The summed E-state index contributed by atoms with van der Waals surface area (Å²) in [5, 5.41) is 5.49. The maximum atomic E-state index is 12.0. The van der Waals surface area contributed by atoms with Crippen LogP contribution in [0.5, 0.6) is 0 Å². The Morgan fingerprint density at radius 3 is 2.71 bits per heavy atom.